The second-order valence-corrected chi connectivity index (χ2v) is 7.17. The first kappa shape index (κ1) is 12.2. The van der Waals surface area contributed by atoms with Gasteiger partial charge in [0.1, 0.15) is 0 Å². The molecule has 2 aliphatic carbocycles. The second-order valence-electron chi connectivity index (χ2n) is 7.17. The fourth-order valence-corrected chi connectivity index (χ4v) is 4.13. The van der Waals surface area contributed by atoms with E-state index in [0.29, 0.717) is 5.41 Å². The van der Waals surface area contributed by atoms with Crippen molar-refractivity contribution in [3.63, 3.8) is 0 Å². The Morgan fingerprint density at radius 2 is 1.94 bits per heavy atom. The number of hydrogen-bond donors (Lipinski definition) is 0. The van der Waals surface area contributed by atoms with Gasteiger partial charge in [-0.05, 0) is 61.7 Å². The summed E-state index contributed by atoms with van der Waals surface area (Å²) in [6.07, 6.45) is 8.28. The van der Waals surface area contributed by atoms with Gasteiger partial charge in [0.15, 0.2) is 0 Å². The standard InChI is InChI=1S/C16H28/c1-11(2)13-8-9-16(4,5)15-7-6-12(3)10-14(13)15/h10-11,13-15H,6-9H2,1-5H3/t13-,14-,15+/m0/s1. The monoisotopic (exact) mass is 220 g/mol. The average molecular weight is 220 g/mol. The van der Waals surface area contributed by atoms with Gasteiger partial charge in [0.25, 0.3) is 0 Å². The van der Waals surface area contributed by atoms with Crippen LogP contribution in [0.5, 0.6) is 0 Å². The number of hydrogen-bond acceptors (Lipinski definition) is 0. The molecule has 0 spiro atoms. The van der Waals surface area contributed by atoms with Crippen LogP contribution in [-0.4, -0.2) is 0 Å². The van der Waals surface area contributed by atoms with Gasteiger partial charge in [-0.15, -0.1) is 0 Å². The predicted octanol–water partition coefficient (Wildman–Crippen LogP) is 5.05. The molecule has 0 unspecified atom stereocenters. The molecule has 0 N–H and O–H groups in total. The molecular weight excluding hydrogens is 192 g/mol. The Kier molecular flexibility index (Phi) is 3.20. The Morgan fingerprint density at radius 1 is 1.25 bits per heavy atom. The molecule has 1 saturated carbocycles. The molecule has 2 aliphatic rings. The van der Waals surface area contributed by atoms with Crippen LogP contribution in [0.1, 0.15) is 60.3 Å². The van der Waals surface area contributed by atoms with Gasteiger partial charge in [0.2, 0.25) is 0 Å². The maximum absolute atomic E-state index is 2.62. The smallest absolute Gasteiger partial charge is 0.0167 e. The fraction of sp³-hybridized carbons (Fsp3) is 0.875. The maximum atomic E-state index is 2.62. The Hall–Kier alpha value is -0.260. The normalized spacial score (nSPS) is 38.1. The van der Waals surface area contributed by atoms with E-state index < -0.39 is 0 Å². The van der Waals surface area contributed by atoms with E-state index in [1.807, 2.05) is 0 Å². The van der Waals surface area contributed by atoms with Crippen molar-refractivity contribution in [2.24, 2.45) is 29.1 Å². The summed E-state index contributed by atoms with van der Waals surface area (Å²) in [7, 11) is 0. The highest BCUT2D eigenvalue weighted by atomic mass is 14.5. The molecule has 0 aromatic carbocycles. The molecule has 3 atom stereocenters. The number of allylic oxidation sites excluding steroid dienone is 2. The minimum Gasteiger partial charge on any atom is -0.0819 e. The van der Waals surface area contributed by atoms with Gasteiger partial charge >= 0.3 is 0 Å². The highest BCUT2D eigenvalue weighted by Gasteiger charge is 2.44. The van der Waals surface area contributed by atoms with Gasteiger partial charge in [-0.25, -0.2) is 0 Å². The van der Waals surface area contributed by atoms with Gasteiger partial charge < -0.3 is 0 Å². The minimum absolute atomic E-state index is 0.577. The third-order valence-corrected chi connectivity index (χ3v) is 5.27. The van der Waals surface area contributed by atoms with Crippen molar-refractivity contribution in [2.75, 3.05) is 0 Å². The molecule has 0 aromatic rings. The minimum atomic E-state index is 0.577. The van der Waals surface area contributed by atoms with E-state index in [0.717, 1.165) is 23.7 Å². The van der Waals surface area contributed by atoms with Gasteiger partial charge in [0.05, 0.1) is 0 Å². The second kappa shape index (κ2) is 4.20. The molecule has 0 saturated heterocycles. The molecule has 0 bridgehead atoms. The van der Waals surface area contributed by atoms with Crippen molar-refractivity contribution in [3.8, 4) is 0 Å². The van der Waals surface area contributed by atoms with Crippen LogP contribution in [0.4, 0.5) is 0 Å². The topological polar surface area (TPSA) is 0 Å². The summed E-state index contributed by atoms with van der Waals surface area (Å²) in [5.74, 6) is 3.61. The Labute approximate surface area is 102 Å². The van der Waals surface area contributed by atoms with Gasteiger partial charge in [0, 0.05) is 0 Å². The summed E-state index contributed by atoms with van der Waals surface area (Å²) in [6.45, 7) is 12.1. The van der Waals surface area contributed by atoms with Gasteiger partial charge in [-0.1, -0.05) is 39.3 Å². The number of fused-ring (bicyclic) bond motifs is 1. The molecule has 1 fully saturated rings. The molecule has 0 nitrogen and oxygen atoms in total. The Morgan fingerprint density at radius 3 is 2.56 bits per heavy atom. The molecular formula is C16H28. The van der Waals surface area contributed by atoms with E-state index in [1.165, 1.54) is 25.7 Å². The SMILES string of the molecule is CC1=C[C@@H]2[C@@H](CC1)C(C)(C)CC[C@H]2C(C)C. The first-order valence-corrected chi connectivity index (χ1v) is 7.09. The van der Waals surface area contributed by atoms with E-state index in [1.54, 1.807) is 5.57 Å². The predicted molar refractivity (Wildman–Crippen MR) is 71.3 cm³/mol. The largest absolute Gasteiger partial charge is 0.0819 e. The summed E-state index contributed by atoms with van der Waals surface area (Å²) in [4.78, 5) is 0. The van der Waals surface area contributed by atoms with Crippen LogP contribution in [0.25, 0.3) is 0 Å². The van der Waals surface area contributed by atoms with Crippen LogP contribution in [0, 0.1) is 29.1 Å². The van der Waals surface area contributed by atoms with Crippen molar-refractivity contribution in [1.29, 1.82) is 0 Å². The third-order valence-electron chi connectivity index (χ3n) is 5.27. The molecule has 2 rings (SSSR count). The summed E-state index contributed by atoms with van der Waals surface area (Å²) in [6, 6.07) is 0. The highest BCUT2D eigenvalue weighted by Crippen LogP contribution is 2.53. The number of rotatable bonds is 1. The Balaban J connectivity index is 2.27. The van der Waals surface area contributed by atoms with Crippen LogP contribution in [0.2, 0.25) is 0 Å². The lowest BCUT2D eigenvalue weighted by Crippen LogP contribution is -2.42. The molecule has 0 heterocycles. The van der Waals surface area contributed by atoms with E-state index >= 15 is 0 Å². The van der Waals surface area contributed by atoms with Crippen molar-refractivity contribution >= 4 is 0 Å². The summed E-state index contributed by atoms with van der Waals surface area (Å²) in [5.41, 5.74) is 2.22. The fourth-order valence-electron chi connectivity index (χ4n) is 4.13. The molecule has 16 heavy (non-hydrogen) atoms. The zero-order valence-electron chi connectivity index (χ0n) is 11.7. The molecule has 0 aromatic heterocycles. The van der Waals surface area contributed by atoms with E-state index in [2.05, 4.69) is 40.7 Å². The van der Waals surface area contributed by atoms with Crippen LogP contribution < -0.4 is 0 Å². The zero-order chi connectivity index (χ0) is 11.9. The van der Waals surface area contributed by atoms with Gasteiger partial charge in [-0.3, -0.25) is 0 Å². The summed E-state index contributed by atoms with van der Waals surface area (Å²) in [5, 5.41) is 0. The van der Waals surface area contributed by atoms with Crippen LogP contribution >= 0.6 is 0 Å². The lowest BCUT2D eigenvalue weighted by atomic mass is 9.55. The molecule has 0 heteroatoms. The first-order chi connectivity index (χ1) is 7.42. The average Bonchev–Trinajstić information content (AvgIpc) is 2.16. The third kappa shape index (κ3) is 2.08. The first-order valence-electron chi connectivity index (χ1n) is 7.09. The van der Waals surface area contributed by atoms with Crippen molar-refractivity contribution < 1.29 is 0 Å². The van der Waals surface area contributed by atoms with Gasteiger partial charge in [-0.2, -0.15) is 0 Å². The van der Waals surface area contributed by atoms with E-state index in [9.17, 15) is 0 Å². The van der Waals surface area contributed by atoms with Crippen molar-refractivity contribution in [1.82, 2.24) is 0 Å². The lowest BCUT2D eigenvalue weighted by Gasteiger charge is -2.50. The zero-order valence-corrected chi connectivity index (χ0v) is 11.7. The van der Waals surface area contributed by atoms with E-state index in [-0.39, 0.29) is 0 Å². The van der Waals surface area contributed by atoms with Crippen molar-refractivity contribution in [2.45, 2.75) is 60.3 Å². The van der Waals surface area contributed by atoms with Crippen LogP contribution in [0.15, 0.2) is 11.6 Å². The van der Waals surface area contributed by atoms with Crippen LogP contribution in [0.3, 0.4) is 0 Å². The van der Waals surface area contributed by atoms with E-state index in [4.69, 9.17) is 0 Å². The highest BCUT2D eigenvalue weighted by molar-refractivity contribution is 5.12. The molecule has 0 radical (unpaired) electrons. The quantitative estimate of drug-likeness (QED) is 0.542. The summed E-state index contributed by atoms with van der Waals surface area (Å²) < 4.78 is 0. The molecule has 0 aliphatic heterocycles. The lowest BCUT2D eigenvalue weighted by molar-refractivity contribution is 0.0232. The van der Waals surface area contributed by atoms with Crippen molar-refractivity contribution in [3.05, 3.63) is 11.6 Å². The summed E-state index contributed by atoms with van der Waals surface area (Å²) >= 11 is 0. The Bertz CT molecular complexity index is 282. The van der Waals surface area contributed by atoms with Crippen LogP contribution in [-0.2, 0) is 0 Å². The molecule has 92 valence electrons. The maximum Gasteiger partial charge on any atom is -0.0167 e. The molecule has 0 amide bonds.